The summed E-state index contributed by atoms with van der Waals surface area (Å²) < 4.78 is 4.30. The molecule has 2 unspecified atom stereocenters. The molecule has 514 valence electrons. The summed E-state index contributed by atoms with van der Waals surface area (Å²) in [6, 6.07) is -9.72. The lowest BCUT2D eigenvalue weighted by Crippen LogP contribution is -2.62. The van der Waals surface area contributed by atoms with Crippen LogP contribution < -0.4 is 32.3 Å². The standard InChI is InChI=1S/C65H121N11O12S/c1-24-47(70-59(82)51(72(18)53(77)36-42(8)9)37-44(12)29-27-25-26-28-32-66)62(85)76(22)52(38-89-65(15,16)31-30-54(78)88-23)63(86)74(20)50(35-41(6)7)60(83)71-55(43(10)11)64(87)75(21)49(34-40(4)5)58(81)68-45(13)56(79)69-46(14)61(84)73(19)48(33-39(2)3)57(80)67-17/h39-52,55H,24-38,66H2,1-23H3,(H,67,80)(H,68,81)(H,69,79)(H,70,82)(H,71,83)/t44-,45-,46?,47+,48+,49+,50+,51?,52-,55+/m1/s1. The van der Waals surface area contributed by atoms with Gasteiger partial charge in [0.1, 0.15) is 54.4 Å². The van der Waals surface area contributed by atoms with Crippen LogP contribution in [0, 0.1) is 35.5 Å². The molecule has 0 saturated carbocycles. The van der Waals surface area contributed by atoms with Crippen LogP contribution in [0.3, 0.4) is 0 Å². The number of carbonyl (C=O) groups is 11. The Morgan fingerprint density at radius 1 is 0.506 bits per heavy atom. The van der Waals surface area contributed by atoms with Crippen LogP contribution in [0.5, 0.6) is 0 Å². The summed E-state index contributed by atoms with van der Waals surface area (Å²) >= 11 is 1.36. The molecule has 0 aliphatic heterocycles. The van der Waals surface area contributed by atoms with E-state index in [-0.39, 0.29) is 79.3 Å². The minimum absolute atomic E-state index is 0.0157. The van der Waals surface area contributed by atoms with Crippen molar-refractivity contribution in [1.29, 1.82) is 0 Å². The second-order valence-corrected chi connectivity index (χ2v) is 28.8. The van der Waals surface area contributed by atoms with E-state index in [0.717, 1.165) is 32.1 Å². The normalized spacial score (nSPS) is 15.1. The van der Waals surface area contributed by atoms with E-state index < -0.39 is 118 Å². The highest BCUT2D eigenvalue weighted by atomic mass is 32.2. The highest BCUT2D eigenvalue weighted by Gasteiger charge is 2.42. The van der Waals surface area contributed by atoms with Crippen LogP contribution in [-0.4, -0.2) is 210 Å². The van der Waals surface area contributed by atoms with E-state index in [0.29, 0.717) is 25.8 Å². The maximum absolute atomic E-state index is 15.3. The van der Waals surface area contributed by atoms with Crippen molar-refractivity contribution in [3.05, 3.63) is 0 Å². The molecule has 0 heterocycles. The molecule has 0 fully saturated rings. The Morgan fingerprint density at radius 2 is 0.955 bits per heavy atom. The van der Waals surface area contributed by atoms with Crippen molar-refractivity contribution in [3.8, 4) is 0 Å². The van der Waals surface area contributed by atoms with Gasteiger partial charge in [-0.05, 0) is 101 Å². The number of nitrogens with two attached hydrogens (primary N) is 1. The summed E-state index contributed by atoms with van der Waals surface area (Å²) in [5.41, 5.74) is 5.71. The monoisotopic (exact) mass is 1280 g/mol. The lowest BCUT2D eigenvalue weighted by atomic mass is 9.93. The van der Waals surface area contributed by atoms with Crippen LogP contribution in [0.4, 0.5) is 0 Å². The van der Waals surface area contributed by atoms with Crippen LogP contribution >= 0.6 is 11.8 Å². The third-order valence-electron chi connectivity index (χ3n) is 16.3. The summed E-state index contributed by atoms with van der Waals surface area (Å²) in [6.07, 6.45) is 6.61. The zero-order valence-electron chi connectivity index (χ0n) is 58.9. The first-order chi connectivity index (χ1) is 41.2. The zero-order valence-corrected chi connectivity index (χ0v) is 59.7. The van der Waals surface area contributed by atoms with Crippen molar-refractivity contribution < 1.29 is 57.5 Å². The topological polar surface area (TPSA) is 299 Å². The van der Waals surface area contributed by atoms with Gasteiger partial charge in [0.25, 0.3) is 0 Å². The fourth-order valence-corrected chi connectivity index (χ4v) is 11.6. The van der Waals surface area contributed by atoms with Gasteiger partial charge >= 0.3 is 5.97 Å². The van der Waals surface area contributed by atoms with Gasteiger partial charge in [0.15, 0.2) is 0 Å². The number of esters is 1. The summed E-state index contributed by atoms with van der Waals surface area (Å²) in [5, 5.41) is 13.8. The fourth-order valence-electron chi connectivity index (χ4n) is 10.4. The van der Waals surface area contributed by atoms with E-state index in [1.165, 1.54) is 92.5 Å². The number of hydrogen-bond acceptors (Lipinski definition) is 14. The third-order valence-corrected chi connectivity index (χ3v) is 17.8. The maximum Gasteiger partial charge on any atom is 0.305 e. The van der Waals surface area contributed by atoms with Gasteiger partial charge in [0.2, 0.25) is 59.1 Å². The summed E-state index contributed by atoms with van der Waals surface area (Å²) in [7, 11) is 10.3. The second kappa shape index (κ2) is 41.1. The minimum Gasteiger partial charge on any atom is -0.469 e. The number of ether oxygens (including phenoxy) is 1. The number of nitrogens with zero attached hydrogens (tertiary/aromatic N) is 5. The second-order valence-electron chi connectivity index (χ2n) is 27.1. The molecule has 7 N–H and O–H groups in total. The number of hydrogen-bond donors (Lipinski definition) is 6. The predicted octanol–water partition coefficient (Wildman–Crippen LogP) is 5.50. The summed E-state index contributed by atoms with van der Waals surface area (Å²) in [4.78, 5) is 161. The Balaban J connectivity index is 7.21. The van der Waals surface area contributed by atoms with Gasteiger partial charge in [-0.15, -0.1) is 0 Å². The number of rotatable bonds is 42. The first-order valence-electron chi connectivity index (χ1n) is 32.4. The van der Waals surface area contributed by atoms with Gasteiger partial charge in [-0.3, -0.25) is 52.7 Å². The van der Waals surface area contributed by atoms with Crippen molar-refractivity contribution in [2.75, 3.05) is 61.7 Å². The molecular formula is C65H121N11O12S. The van der Waals surface area contributed by atoms with Crippen molar-refractivity contribution in [2.45, 2.75) is 253 Å². The molecular weight excluding hydrogens is 1160 g/mol. The number of likely N-dealkylation sites (N-methyl/N-ethyl adjacent to an activating group) is 6. The SMILES string of the molecule is CC[C@H](NC(=O)C(C[C@H](C)CCCCCCN)N(C)C(=O)CC(C)C)C(=O)N(C)[C@H](CSC(C)(C)CCC(=O)OC)C(=O)N(C)[C@@H](CC(C)C)C(=O)N[C@H](C(=O)N(C)[C@@H](CC(C)C)C(=O)N[C@H](C)C(=O)NC(C)C(=O)N(C)[C@@H](CC(C)C)C(=O)NC)C(C)C. The van der Waals surface area contributed by atoms with Crippen LogP contribution in [0.2, 0.25) is 0 Å². The fraction of sp³-hybridized carbons (Fsp3) is 0.831. The van der Waals surface area contributed by atoms with E-state index in [1.807, 2.05) is 69.2 Å². The molecule has 10 amide bonds. The van der Waals surface area contributed by atoms with Crippen molar-refractivity contribution in [1.82, 2.24) is 51.1 Å². The van der Waals surface area contributed by atoms with E-state index in [4.69, 9.17) is 10.5 Å². The van der Waals surface area contributed by atoms with Crippen molar-refractivity contribution in [3.63, 3.8) is 0 Å². The molecule has 0 saturated heterocycles. The van der Waals surface area contributed by atoms with Gasteiger partial charge in [0, 0.05) is 65.6 Å². The summed E-state index contributed by atoms with van der Waals surface area (Å²) in [5.74, 6) is -6.32. The number of methoxy groups -OCH3 is 1. The van der Waals surface area contributed by atoms with Crippen molar-refractivity contribution in [2.24, 2.45) is 41.2 Å². The molecule has 23 nitrogen and oxygen atoms in total. The van der Waals surface area contributed by atoms with Crippen LogP contribution in [0.25, 0.3) is 0 Å². The molecule has 0 aromatic rings. The molecule has 0 rings (SSSR count). The van der Waals surface area contributed by atoms with Gasteiger partial charge in [-0.2, -0.15) is 11.8 Å². The molecule has 0 spiro atoms. The predicted molar refractivity (Wildman–Crippen MR) is 353 cm³/mol. The Kier molecular flexibility index (Phi) is 38.5. The quantitative estimate of drug-likeness (QED) is 0.0325. The highest BCUT2D eigenvalue weighted by Crippen LogP contribution is 2.32. The van der Waals surface area contributed by atoms with Crippen LogP contribution in [0.15, 0.2) is 0 Å². The lowest BCUT2D eigenvalue weighted by Gasteiger charge is -2.38. The van der Waals surface area contributed by atoms with E-state index in [2.05, 4.69) is 33.5 Å². The molecule has 89 heavy (non-hydrogen) atoms. The third kappa shape index (κ3) is 29.1. The maximum atomic E-state index is 15.3. The van der Waals surface area contributed by atoms with Gasteiger partial charge in [0.05, 0.1) is 7.11 Å². The van der Waals surface area contributed by atoms with E-state index in [1.54, 1.807) is 27.8 Å². The molecule has 0 aliphatic rings. The molecule has 24 heteroatoms. The average molecular weight is 1280 g/mol. The van der Waals surface area contributed by atoms with E-state index >= 15 is 4.79 Å². The highest BCUT2D eigenvalue weighted by molar-refractivity contribution is 8.00. The average Bonchev–Trinajstić information content (AvgIpc) is 3.58. The molecule has 10 atom stereocenters. The van der Waals surface area contributed by atoms with E-state index in [9.17, 15) is 47.9 Å². The first-order valence-corrected chi connectivity index (χ1v) is 33.4. The molecule has 0 aliphatic carbocycles. The number of thioether (sulfide) groups is 1. The van der Waals surface area contributed by atoms with Crippen molar-refractivity contribution >= 4 is 76.8 Å². The number of amides is 10. The zero-order chi connectivity index (χ0) is 69.0. The Hall–Kier alpha value is -5.52. The lowest BCUT2D eigenvalue weighted by molar-refractivity contribution is -0.149. The largest absolute Gasteiger partial charge is 0.469 e. The van der Waals surface area contributed by atoms with Gasteiger partial charge in [-0.25, -0.2) is 0 Å². The van der Waals surface area contributed by atoms with Crippen LogP contribution in [-0.2, 0) is 57.5 Å². The van der Waals surface area contributed by atoms with Crippen LogP contribution in [0.1, 0.15) is 194 Å². The molecule has 0 aromatic heterocycles. The smallest absolute Gasteiger partial charge is 0.305 e. The number of unbranched alkanes of at least 4 members (excludes halogenated alkanes) is 3. The molecule has 0 aromatic carbocycles. The Labute approximate surface area is 539 Å². The molecule has 0 radical (unpaired) electrons. The number of nitrogens with one attached hydrogen (secondary N) is 5. The first kappa shape index (κ1) is 83.5. The molecule has 0 bridgehead atoms. The summed E-state index contributed by atoms with van der Waals surface area (Å²) in [6.45, 7) is 29.9. The minimum atomic E-state index is -1.22. The Bertz CT molecular complexity index is 2280. The number of carbonyl (C=O) groups excluding carboxylic acids is 11. The van der Waals surface area contributed by atoms with Gasteiger partial charge < -0.3 is 61.6 Å². The van der Waals surface area contributed by atoms with Gasteiger partial charge in [-0.1, -0.05) is 123 Å². The Morgan fingerprint density at radius 3 is 1.43 bits per heavy atom.